The van der Waals surface area contributed by atoms with Gasteiger partial charge in [-0.3, -0.25) is 4.18 Å². The molecule has 0 amide bonds. The maximum atomic E-state index is 10.9. The number of nitrogens with zero attached hydrogens (tertiary/aromatic N) is 3. The molecule has 3 heterocycles. The van der Waals surface area contributed by atoms with Crippen LogP contribution >= 0.6 is 0 Å². The molecule has 8 heteroatoms. The third-order valence-corrected chi connectivity index (χ3v) is 3.82. The third-order valence-electron chi connectivity index (χ3n) is 3.27. The highest BCUT2D eigenvalue weighted by molar-refractivity contribution is 7.85. The summed E-state index contributed by atoms with van der Waals surface area (Å²) in [6.45, 7) is 3.34. The summed E-state index contributed by atoms with van der Waals surface area (Å²) >= 11 is 0. The highest BCUT2D eigenvalue weighted by Gasteiger charge is 2.49. The molecule has 0 aliphatic carbocycles. The molecule has 2 aliphatic heterocycles. The van der Waals surface area contributed by atoms with E-state index >= 15 is 0 Å². The lowest BCUT2D eigenvalue weighted by Crippen LogP contribution is -2.66. The van der Waals surface area contributed by atoms with Crippen molar-refractivity contribution in [2.45, 2.75) is 6.61 Å². The number of hydrogen-bond donors (Lipinski definition) is 0. The first kappa shape index (κ1) is 12.8. The van der Waals surface area contributed by atoms with Crippen LogP contribution in [-0.2, 0) is 25.6 Å². The van der Waals surface area contributed by atoms with E-state index in [-0.39, 0.29) is 6.61 Å². The zero-order chi connectivity index (χ0) is 13.5. The van der Waals surface area contributed by atoms with Crippen molar-refractivity contribution in [3.05, 3.63) is 18.0 Å². The molecule has 1 aromatic rings. The van der Waals surface area contributed by atoms with Crippen LogP contribution in [0.3, 0.4) is 0 Å². The minimum atomic E-state index is -3.45. The Kier molecular flexibility index (Phi) is 2.95. The molecule has 2 saturated heterocycles. The van der Waals surface area contributed by atoms with Gasteiger partial charge in [0.15, 0.2) is 0 Å². The standard InChI is InChI=1S/C11H15N3O4S/c1-19(15,16)18-4-9-2-3-12-10(13-9)14-5-11(6-14)7-17-8-11/h2-3H,4-8H2,1H3. The highest BCUT2D eigenvalue weighted by atomic mass is 32.2. The summed E-state index contributed by atoms with van der Waals surface area (Å²) < 4.78 is 31.8. The van der Waals surface area contributed by atoms with E-state index in [4.69, 9.17) is 8.92 Å². The summed E-state index contributed by atoms with van der Waals surface area (Å²) in [6.07, 6.45) is 2.64. The second-order valence-electron chi connectivity index (χ2n) is 5.16. The van der Waals surface area contributed by atoms with Gasteiger partial charge in [-0.1, -0.05) is 0 Å². The maximum Gasteiger partial charge on any atom is 0.264 e. The Balaban J connectivity index is 1.64. The van der Waals surface area contributed by atoms with Crippen LogP contribution in [0, 0.1) is 5.41 Å². The third kappa shape index (κ3) is 2.70. The van der Waals surface area contributed by atoms with Gasteiger partial charge in [-0.05, 0) is 6.07 Å². The van der Waals surface area contributed by atoms with Crippen LogP contribution in [0.15, 0.2) is 12.3 Å². The minimum absolute atomic E-state index is 0.0591. The molecule has 0 bridgehead atoms. The molecular formula is C11H15N3O4S. The molecule has 2 aliphatic rings. The van der Waals surface area contributed by atoms with Crippen molar-refractivity contribution in [2.75, 3.05) is 37.5 Å². The molecule has 1 aromatic heterocycles. The van der Waals surface area contributed by atoms with E-state index < -0.39 is 10.1 Å². The van der Waals surface area contributed by atoms with Gasteiger partial charge in [-0.2, -0.15) is 8.42 Å². The predicted octanol–water partition coefficient (Wildman–Crippen LogP) is -0.211. The van der Waals surface area contributed by atoms with Gasteiger partial charge in [0.05, 0.1) is 30.6 Å². The van der Waals surface area contributed by atoms with Crippen molar-refractivity contribution in [3.63, 3.8) is 0 Å². The smallest absolute Gasteiger partial charge is 0.264 e. The predicted molar refractivity (Wildman–Crippen MR) is 67.1 cm³/mol. The van der Waals surface area contributed by atoms with Gasteiger partial charge >= 0.3 is 0 Å². The van der Waals surface area contributed by atoms with Gasteiger partial charge in [0.25, 0.3) is 10.1 Å². The second-order valence-corrected chi connectivity index (χ2v) is 6.81. The molecule has 0 saturated carbocycles. The van der Waals surface area contributed by atoms with Gasteiger partial charge in [0.1, 0.15) is 6.61 Å². The lowest BCUT2D eigenvalue weighted by molar-refractivity contribution is -0.127. The van der Waals surface area contributed by atoms with Crippen molar-refractivity contribution < 1.29 is 17.3 Å². The van der Waals surface area contributed by atoms with Crippen LogP contribution in [0.1, 0.15) is 5.69 Å². The molecule has 2 fully saturated rings. The molecule has 19 heavy (non-hydrogen) atoms. The van der Waals surface area contributed by atoms with Crippen molar-refractivity contribution in [3.8, 4) is 0 Å². The van der Waals surface area contributed by atoms with Crippen LogP contribution in [0.2, 0.25) is 0 Å². The zero-order valence-corrected chi connectivity index (χ0v) is 11.4. The fourth-order valence-corrected chi connectivity index (χ4v) is 2.60. The zero-order valence-electron chi connectivity index (χ0n) is 10.6. The summed E-state index contributed by atoms with van der Waals surface area (Å²) in [5.74, 6) is 0.618. The van der Waals surface area contributed by atoms with E-state index in [1.165, 1.54) is 0 Å². The first-order chi connectivity index (χ1) is 8.96. The van der Waals surface area contributed by atoms with Gasteiger partial charge in [-0.25, -0.2) is 9.97 Å². The summed E-state index contributed by atoms with van der Waals surface area (Å²) in [5.41, 5.74) is 0.851. The van der Waals surface area contributed by atoms with E-state index in [9.17, 15) is 8.42 Å². The Morgan fingerprint density at radius 2 is 2.21 bits per heavy atom. The highest BCUT2D eigenvalue weighted by Crippen LogP contribution is 2.38. The quantitative estimate of drug-likeness (QED) is 0.708. The van der Waals surface area contributed by atoms with Crippen molar-refractivity contribution in [1.29, 1.82) is 0 Å². The van der Waals surface area contributed by atoms with E-state index in [0.29, 0.717) is 17.1 Å². The number of rotatable bonds is 4. The molecular weight excluding hydrogens is 270 g/mol. The molecule has 3 rings (SSSR count). The molecule has 0 unspecified atom stereocenters. The molecule has 0 N–H and O–H groups in total. The second kappa shape index (κ2) is 4.39. The SMILES string of the molecule is CS(=O)(=O)OCc1ccnc(N2CC3(COC3)C2)n1. The Bertz CT molecular complexity index is 577. The van der Waals surface area contributed by atoms with E-state index in [0.717, 1.165) is 32.6 Å². The van der Waals surface area contributed by atoms with E-state index in [1.54, 1.807) is 12.3 Å². The molecule has 7 nitrogen and oxygen atoms in total. The molecule has 0 atom stereocenters. The van der Waals surface area contributed by atoms with Crippen LogP contribution in [0.25, 0.3) is 0 Å². The summed E-state index contributed by atoms with van der Waals surface area (Å²) in [5, 5.41) is 0. The first-order valence-corrected chi connectivity index (χ1v) is 7.77. The van der Waals surface area contributed by atoms with E-state index in [1.807, 2.05) is 0 Å². The lowest BCUT2D eigenvalue weighted by Gasteiger charge is -2.54. The maximum absolute atomic E-state index is 10.9. The van der Waals surface area contributed by atoms with Gasteiger partial charge in [0, 0.05) is 19.3 Å². The molecule has 0 radical (unpaired) electrons. The molecule has 1 spiro atoms. The number of ether oxygens (including phenoxy) is 1. The summed E-state index contributed by atoms with van der Waals surface area (Å²) in [6, 6.07) is 1.65. The van der Waals surface area contributed by atoms with Crippen LogP contribution < -0.4 is 4.90 Å². The minimum Gasteiger partial charge on any atom is -0.380 e. The van der Waals surface area contributed by atoms with Crippen LogP contribution in [0.4, 0.5) is 5.95 Å². The Morgan fingerprint density at radius 1 is 1.47 bits per heavy atom. The Hall–Kier alpha value is -1.25. The van der Waals surface area contributed by atoms with Crippen molar-refractivity contribution >= 4 is 16.1 Å². The Morgan fingerprint density at radius 3 is 2.79 bits per heavy atom. The fourth-order valence-electron chi connectivity index (χ4n) is 2.26. The normalized spacial score (nSPS) is 21.0. The van der Waals surface area contributed by atoms with Crippen LogP contribution in [-0.4, -0.2) is 50.9 Å². The Labute approximate surface area is 111 Å². The molecule has 0 aromatic carbocycles. The number of aromatic nitrogens is 2. The topological polar surface area (TPSA) is 81.6 Å². The van der Waals surface area contributed by atoms with Crippen LogP contribution in [0.5, 0.6) is 0 Å². The summed E-state index contributed by atoms with van der Waals surface area (Å²) in [7, 11) is -3.45. The largest absolute Gasteiger partial charge is 0.380 e. The summed E-state index contributed by atoms with van der Waals surface area (Å²) in [4.78, 5) is 10.6. The molecule has 104 valence electrons. The first-order valence-electron chi connectivity index (χ1n) is 5.95. The lowest BCUT2D eigenvalue weighted by atomic mass is 9.78. The average Bonchev–Trinajstić information content (AvgIpc) is 2.22. The van der Waals surface area contributed by atoms with Crippen molar-refractivity contribution in [2.24, 2.45) is 5.41 Å². The average molecular weight is 285 g/mol. The van der Waals surface area contributed by atoms with E-state index in [2.05, 4.69) is 14.9 Å². The van der Waals surface area contributed by atoms with Gasteiger partial charge < -0.3 is 9.64 Å². The monoisotopic (exact) mass is 285 g/mol. The van der Waals surface area contributed by atoms with Crippen molar-refractivity contribution in [1.82, 2.24) is 9.97 Å². The van der Waals surface area contributed by atoms with Gasteiger partial charge in [0.2, 0.25) is 5.95 Å². The fraction of sp³-hybridized carbons (Fsp3) is 0.636. The number of anilines is 1. The number of hydrogen-bond acceptors (Lipinski definition) is 7. The van der Waals surface area contributed by atoms with Gasteiger partial charge in [-0.15, -0.1) is 0 Å².